The summed E-state index contributed by atoms with van der Waals surface area (Å²) in [6, 6.07) is 2.38. The molecule has 4 N–H and O–H groups in total. The third-order valence-corrected chi connectivity index (χ3v) is 3.57. The third kappa shape index (κ3) is 4.81. The Bertz CT molecular complexity index is 1050. The van der Waals surface area contributed by atoms with E-state index in [9.17, 15) is 29.6 Å². The Labute approximate surface area is 157 Å². The number of aromatic amines is 2. The number of nitro benzene ring substituents is 1. The van der Waals surface area contributed by atoms with Crippen LogP contribution in [0.25, 0.3) is 0 Å². The van der Waals surface area contributed by atoms with Crippen molar-refractivity contribution in [1.29, 1.82) is 0 Å². The van der Waals surface area contributed by atoms with Gasteiger partial charge in [0.1, 0.15) is 0 Å². The zero-order chi connectivity index (χ0) is 20.8. The van der Waals surface area contributed by atoms with Crippen LogP contribution < -0.4 is 21.4 Å². The van der Waals surface area contributed by atoms with Gasteiger partial charge in [0.25, 0.3) is 5.56 Å². The quantitative estimate of drug-likeness (QED) is 0.293. The lowest BCUT2D eigenvalue weighted by molar-refractivity contribution is -0.386. The first kappa shape index (κ1) is 20.4. The van der Waals surface area contributed by atoms with E-state index in [0.29, 0.717) is 0 Å². The molecule has 0 atom stereocenters. The van der Waals surface area contributed by atoms with Gasteiger partial charge in [-0.2, -0.15) is 5.10 Å². The Morgan fingerprint density at radius 3 is 2.71 bits per heavy atom. The van der Waals surface area contributed by atoms with Crippen molar-refractivity contribution in [2.45, 2.75) is 20.3 Å². The van der Waals surface area contributed by atoms with Crippen molar-refractivity contribution >= 4 is 17.8 Å². The van der Waals surface area contributed by atoms with Crippen LogP contribution in [0, 0.1) is 17.0 Å². The Hall–Kier alpha value is -3.96. The van der Waals surface area contributed by atoms with Crippen LogP contribution in [0.5, 0.6) is 11.5 Å². The van der Waals surface area contributed by atoms with Crippen LogP contribution in [0.3, 0.4) is 0 Å². The monoisotopic (exact) mass is 391 g/mol. The molecule has 0 aliphatic carbocycles. The number of nitrogens with one attached hydrogen (secondary N) is 3. The first-order valence-electron chi connectivity index (χ1n) is 8.01. The Morgan fingerprint density at radius 1 is 1.39 bits per heavy atom. The second kappa shape index (κ2) is 8.62. The fourth-order valence-electron chi connectivity index (χ4n) is 2.31. The van der Waals surface area contributed by atoms with Crippen molar-refractivity contribution in [1.82, 2.24) is 15.4 Å². The van der Waals surface area contributed by atoms with Gasteiger partial charge in [0.2, 0.25) is 11.7 Å². The molecular weight excluding hydrogens is 374 g/mol. The maximum atomic E-state index is 11.9. The van der Waals surface area contributed by atoms with Crippen molar-refractivity contribution < 1.29 is 19.6 Å². The lowest BCUT2D eigenvalue weighted by Gasteiger charge is -2.07. The number of aromatic hydroxyl groups is 1. The molecule has 2 rings (SSSR count). The highest BCUT2D eigenvalue weighted by Gasteiger charge is 2.19. The summed E-state index contributed by atoms with van der Waals surface area (Å²) in [6.45, 7) is 3.30. The van der Waals surface area contributed by atoms with Gasteiger partial charge in [-0.25, -0.2) is 10.2 Å². The summed E-state index contributed by atoms with van der Waals surface area (Å²) in [4.78, 5) is 49.5. The number of carbonyl (C=O) groups is 1. The SMILES string of the molecule is CCOc1cc(/C=N\NC(=O)Cc2c(C)[nH]c(=O)[nH]c2=O)cc([N+](=O)[O-])c1O. The number of carbonyl (C=O) groups excluding carboxylic acids is 1. The van der Waals surface area contributed by atoms with Crippen molar-refractivity contribution in [2.75, 3.05) is 6.61 Å². The number of nitro groups is 1. The summed E-state index contributed by atoms with van der Waals surface area (Å²) in [5.74, 6) is -1.35. The number of ether oxygens (including phenoxy) is 1. The summed E-state index contributed by atoms with van der Waals surface area (Å²) in [5, 5.41) is 24.5. The molecule has 1 aromatic carbocycles. The molecule has 0 saturated heterocycles. The summed E-state index contributed by atoms with van der Waals surface area (Å²) in [7, 11) is 0. The van der Waals surface area contributed by atoms with Gasteiger partial charge in [-0.1, -0.05) is 0 Å². The van der Waals surface area contributed by atoms with Crippen LogP contribution in [-0.4, -0.2) is 38.7 Å². The first-order chi connectivity index (χ1) is 13.2. The smallest absolute Gasteiger partial charge is 0.325 e. The molecular formula is C16H17N5O7. The Morgan fingerprint density at radius 2 is 2.11 bits per heavy atom. The predicted molar refractivity (Wildman–Crippen MR) is 97.8 cm³/mol. The van der Waals surface area contributed by atoms with Crippen LogP contribution in [0.4, 0.5) is 5.69 Å². The largest absolute Gasteiger partial charge is 0.500 e. The number of phenols is 1. The molecule has 0 aliphatic heterocycles. The highest BCUT2D eigenvalue weighted by atomic mass is 16.6. The number of H-pyrrole nitrogens is 2. The molecule has 0 bridgehead atoms. The maximum absolute atomic E-state index is 11.9. The van der Waals surface area contributed by atoms with E-state index in [1.807, 2.05) is 4.98 Å². The molecule has 0 saturated carbocycles. The minimum absolute atomic E-state index is 0.0752. The van der Waals surface area contributed by atoms with Crippen molar-refractivity contribution in [3.63, 3.8) is 0 Å². The fraction of sp³-hybridized carbons (Fsp3) is 0.250. The second-order valence-electron chi connectivity index (χ2n) is 5.56. The molecule has 28 heavy (non-hydrogen) atoms. The molecule has 2 aromatic rings. The van der Waals surface area contributed by atoms with Crippen molar-refractivity contribution in [3.8, 4) is 11.5 Å². The van der Waals surface area contributed by atoms with Crippen LogP contribution in [0.2, 0.25) is 0 Å². The Kier molecular flexibility index (Phi) is 6.26. The van der Waals surface area contributed by atoms with Gasteiger partial charge in [0.15, 0.2) is 5.75 Å². The van der Waals surface area contributed by atoms with Crippen LogP contribution >= 0.6 is 0 Å². The minimum Gasteiger partial charge on any atom is -0.500 e. The van der Waals surface area contributed by atoms with E-state index in [4.69, 9.17) is 4.74 Å². The topological polar surface area (TPSA) is 180 Å². The van der Waals surface area contributed by atoms with Crippen molar-refractivity contribution in [3.05, 3.63) is 59.9 Å². The molecule has 0 unspecified atom stereocenters. The van der Waals surface area contributed by atoms with E-state index in [2.05, 4.69) is 15.5 Å². The molecule has 1 aromatic heterocycles. The molecule has 1 heterocycles. The normalized spacial score (nSPS) is 10.8. The number of aromatic nitrogens is 2. The second-order valence-corrected chi connectivity index (χ2v) is 5.56. The number of benzene rings is 1. The third-order valence-electron chi connectivity index (χ3n) is 3.57. The summed E-state index contributed by atoms with van der Waals surface area (Å²) in [6.07, 6.45) is 0.784. The molecule has 0 aliphatic rings. The Balaban J connectivity index is 2.16. The number of hydrogen-bond donors (Lipinski definition) is 4. The van der Waals surface area contributed by atoms with Crippen LogP contribution in [-0.2, 0) is 11.2 Å². The van der Waals surface area contributed by atoms with Crippen LogP contribution in [0.1, 0.15) is 23.7 Å². The minimum atomic E-state index is -0.779. The van der Waals surface area contributed by atoms with E-state index >= 15 is 0 Å². The summed E-state index contributed by atoms with van der Waals surface area (Å²) < 4.78 is 5.14. The van der Waals surface area contributed by atoms with E-state index < -0.39 is 33.5 Å². The van der Waals surface area contributed by atoms with Gasteiger partial charge in [-0.15, -0.1) is 0 Å². The fourth-order valence-corrected chi connectivity index (χ4v) is 2.31. The highest BCUT2D eigenvalue weighted by molar-refractivity contribution is 5.85. The van der Waals surface area contributed by atoms with Gasteiger partial charge < -0.3 is 14.8 Å². The van der Waals surface area contributed by atoms with Crippen molar-refractivity contribution in [2.24, 2.45) is 5.10 Å². The molecule has 0 radical (unpaired) electrons. The lowest BCUT2D eigenvalue weighted by Crippen LogP contribution is -2.30. The summed E-state index contributed by atoms with van der Waals surface area (Å²) >= 11 is 0. The van der Waals surface area contributed by atoms with E-state index in [-0.39, 0.29) is 35.6 Å². The van der Waals surface area contributed by atoms with Gasteiger partial charge in [0.05, 0.1) is 24.2 Å². The van der Waals surface area contributed by atoms with E-state index in [1.54, 1.807) is 6.92 Å². The zero-order valence-corrected chi connectivity index (χ0v) is 14.9. The first-order valence-corrected chi connectivity index (χ1v) is 8.01. The predicted octanol–water partition coefficient (Wildman–Crippen LogP) is 0.0769. The van der Waals surface area contributed by atoms with Gasteiger partial charge in [-0.3, -0.25) is 24.7 Å². The van der Waals surface area contributed by atoms with Gasteiger partial charge in [-0.05, 0) is 19.9 Å². The molecule has 148 valence electrons. The number of nitrogens with zero attached hydrogens (tertiary/aromatic N) is 2. The average Bonchev–Trinajstić information content (AvgIpc) is 2.60. The van der Waals surface area contributed by atoms with E-state index in [0.717, 1.165) is 12.3 Å². The summed E-state index contributed by atoms with van der Waals surface area (Å²) in [5.41, 5.74) is 0.768. The number of hydrogen-bond acceptors (Lipinski definition) is 8. The number of phenolic OH excluding ortho intramolecular Hbond substituents is 1. The average molecular weight is 391 g/mol. The maximum Gasteiger partial charge on any atom is 0.325 e. The number of aryl methyl sites for hydroxylation is 1. The zero-order valence-electron chi connectivity index (χ0n) is 14.9. The number of amides is 1. The molecule has 1 amide bonds. The number of rotatable bonds is 7. The molecule has 12 heteroatoms. The molecule has 0 fully saturated rings. The standard InChI is InChI=1S/C16H17N5O7/c1-3-28-12-5-9(4-11(14(12)23)21(26)27)7-17-20-13(22)6-10-8(2)18-16(25)19-15(10)24/h4-5,7,23H,3,6H2,1-2H3,(H,20,22)(H2,18,19,24,25)/b17-7-. The van der Waals surface area contributed by atoms with E-state index in [1.165, 1.54) is 13.0 Å². The van der Waals surface area contributed by atoms with Gasteiger partial charge >= 0.3 is 11.4 Å². The lowest BCUT2D eigenvalue weighted by atomic mass is 10.1. The molecule has 12 nitrogen and oxygen atoms in total. The highest BCUT2D eigenvalue weighted by Crippen LogP contribution is 2.36. The van der Waals surface area contributed by atoms with Gasteiger partial charge in [0, 0.05) is 22.9 Å². The van der Waals surface area contributed by atoms with Crippen LogP contribution in [0.15, 0.2) is 26.8 Å². The molecule has 0 spiro atoms. The number of hydrazone groups is 1.